The molecule has 1 heterocycles. The lowest BCUT2D eigenvalue weighted by atomic mass is 10.4. The fourth-order valence-corrected chi connectivity index (χ4v) is 1.76. The van der Waals surface area contributed by atoms with Gasteiger partial charge in [-0.2, -0.15) is 0 Å². The first-order chi connectivity index (χ1) is 6.22. The van der Waals surface area contributed by atoms with Crippen LogP contribution in [0.2, 0.25) is 4.34 Å². The highest BCUT2D eigenvalue weighted by molar-refractivity contribution is 7.15. The molecular weight excluding hydrogens is 208 g/mol. The van der Waals surface area contributed by atoms with Crippen LogP contribution < -0.4 is 5.32 Å². The predicted octanol–water partition coefficient (Wildman–Crippen LogP) is 1.92. The molecular formula is C8H13ClN2OS. The van der Waals surface area contributed by atoms with Gasteiger partial charge in [0.05, 0.1) is 12.3 Å². The molecule has 0 aromatic carbocycles. The summed E-state index contributed by atoms with van der Waals surface area (Å²) in [6.45, 7) is 3.60. The zero-order valence-corrected chi connectivity index (χ0v) is 9.28. The van der Waals surface area contributed by atoms with Crippen molar-refractivity contribution in [2.45, 2.75) is 19.6 Å². The van der Waals surface area contributed by atoms with E-state index < -0.39 is 0 Å². The van der Waals surface area contributed by atoms with E-state index in [0.29, 0.717) is 0 Å². The average molecular weight is 221 g/mol. The number of rotatable bonds is 5. The first kappa shape index (κ1) is 10.9. The van der Waals surface area contributed by atoms with E-state index in [4.69, 9.17) is 16.3 Å². The summed E-state index contributed by atoms with van der Waals surface area (Å²) in [6, 6.07) is 0. The molecule has 0 bridgehead atoms. The van der Waals surface area contributed by atoms with Crippen molar-refractivity contribution >= 4 is 22.9 Å². The van der Waals surface area contributed by atoms with Crippen LogP contribution in [0.1, 0.15) is 11.9 Å². The Labute approximate surface area is 87.1 Å². The topological polar surface area (TPSA) is 34.1 Å². The lowest BCUT2D eigenvalue weighted by Gasteiger charge is -2.08. The van der Waals surface area contributed by atoms with Crippen LogP contribution in [0.4, 0.5) is 0 Å². The Balaban J connectivity index is 2.20. The Morgan fingerprint density at radius 1 is 1.77 bits per heavy atom. The van der Waals surface area contributed by atoms with Crippen LogP contribution >= 0.6 is 22.9 Å². The summed E-state index contributed by atoms with van der Waals surface area (Å²) in [6.07, 6.45) is 1.90. The summed E-state index contributed by atoms with van der Waals surface area (Å²) in [5.74, 6) is 0. The summed E-state index contributed by atoms with van der Waals surface area (Å²) >= 11 is 7.23. The van der Waals surface area contributed by atoms with Crippen LogP contribution in [0.5, 0.6) is 0 Å². The first-order valence-electron chi connectivity index (χ1n) is 4.06. The highest BCUT2D eigenvalue weighted by Crippen LogP contribution is 2.17. The van der Waals surface area contributed by atoms with Gasteiger partial charge in [0, 0.05) is 20.2 Å². The van der Waals surface area contributed by atoms with E-state index in [1.54, 1.807) is 13.3 Å². The van der Waals surface area contributed by atoms with Crippen molar-refractivity contribution < 1.29 is 4.74 Å². The van der Waals surface area contributed by atoms with E-state index in [9.17, 15) is 0 Å². The van der Waals surface area contributed by atoms with Crippen LogP contribution in [0, 0.1) is 0 Å². The summed E-state index contributed by atoms with van der Waals surface area (Å²) in [5, 5.41) is 4.24. The van der Waals surface area contributed by atoms with Crippen LogP contribution in [0.3, 0.4) is 0 Å². The summed E-state index contributed by atoms with van der Waals surface area (Å²) in [4.78, 5) is 4.12. The molecule has 0 aliphatic rings. The van der Waals surface area contributed by atoms with Crippen molar-refractivity contribution in [3.63, 3.8) is 0 Å². The molecule has 0 spiro atoms. The molecule has 13 heavy (non-hydrogen) atoms. The lowest BCUT2D eigenvalue weighted by Crippen LogP contribution is -2.25. The van der Waals surface area contributed by atoms with Crippen molar-refractivity contribution in [2.75, 3.05) is 13.7 Å². The molecule has 0 aliphatic carbocycles. The number of hydrogen-bond acceptors (Lipinski definition) is 4. The average Bonchev–Trinajstić information content (AvgIpc) is 2.51. The van der Waals surface area contributed by atoms with Crippen LogP contribution in [-0.2, 0) is 11.3 Å². The van der Waals surface area contributed by atoms with E-state index in [1.165, 1.54) is 11.3 Å². The van der Waals surface area contributed by atoms with Crippen molar-refractivity contribution in [3.05, 3.63) is 15.5 Å². The number of hydrogen-bond donors (Lipinski definition) is 1. The molecule has 0 fully saturated rings. The second-order valence-electron chi connectivity index (χ2n) is 2.74. The van der Waals surface area contributed by atoms with E-state index in [0.717, 1.165) is 22.4 Å². The van der Waals surface area contributed by atoms with E-state index in [1.807, 2.05) is 6.92 Å². The Morgan fingerprint density at radius 3 is 3.08 bits per heavy atom. The van der Waals surface area contributed by atoms with Crippen molar-refractivity contribution in [2.24, 2.45) is 0 Å². The number of methoxy groups -OCH3 is 1. The van der Waals surface area contributed by atoms with Gasteiger partial charge in [-0.05, 0) is 6.92 Å². The van der Waals surface area contributed by atoms with Gasteiger partial charge < -0.3 is 10.1 Å². The first-order valence-corrected chi connectivity index (χ1v) is 5.25. The minimum Gasteiger partial charge on any atom is -0.380 e. The Hall–Kier alpha value is -0.160. The third kappa shape index (κ3) is 4.04. The monoisotopic (exact) mass is 220 g/mol. The second-order valence-corrected chi connectivity index (χ2v) is 4.48. The van der Waals surface area contributed by atoms with Gasteiger partial charge in [0.1, 0.15) is 9.34 Å². The Morgan fingerprint density at radius 2 is 2.54 bits per heavy atom. The zero-order valence-electron chi connectivity index (χ0n) is 7.71. The van der Waals surface area contributed by atoms with E-state index >= 15 is 0 Å². The van der Waals surface area contributed by atoms with Gasteiger partial charge in [0.25, 0.3) is 0 Å². The van der Waals surface area contributed by atoms with E-state index in [2.05, 4.69) is 10.3 Å². The highest BCUT2D eigenvalue weighted by atomic mass is 35.5. The maximum Gasteiger partial charge on any atom is 0.113 e. The molecule has 5 heteroatoms. The highest BCUT2D eigenvalue weighted by Gasteiger charge is 2.01. The molecule has 1 unspecified atom stereocenters. The minimum atomic E-state index is 0.232. The maximum absolute atomic E-state index is 5.73. The van der Waals surface area contributed by atoms with Gasteiger partial charge in [-0.1, -0.05) is 11.6 Å². The van der Waals surface area contributed by atoms with Gasteiger partial charge >= 0.3 is 0 Å². The molecule has 1 rings (SSSR count). The van der Waals surface area contributed by atoms with Gasteiger partial charge in [0.2, 0.25) is 0 Å². The van der Waals surface area contributed by atoms with Gasteiger partial charge in [-0.3, -0.25) is 0 Å². The van der Waals surface area contributed by atoms with E-state index in [-0.39, 0.29) is 6.10 Å². The molecule has 1 aromatic heterocycles. The van der Waals surface area contributed by atoms with Gasteiger partial charge in [-0.15, -0.1) is 11.3 Å². The maximum atomic E-state index is 5.73. The van der Waals surface area contributed by atoms with Crippen LogP contribution in [0.15, 0.2) is 6.20 Å². The lowest BCUT2D eigenvalue weighted by molar-refractivity contribution is 0.117. The van der Waals surface area contributed by atoms with Crippen molar-refractivity contribution in [1.82, 2.24) is 10.3 Å². The fraction of sp³-hybridized carbons (Fsp3) is 0.625. The molecule has 0 aliphatic heterocycles. The number of nitrogens with zero attached hydrogens (tertiary/aromatic N) is 1. The second kappa shape index (κ2) is 5.54. The smallest absolute Gasteiger partial charge is 0.113 e. The van der Waals surface area contributed by atoms with Gasteiger partial charge in [0.15, 0.2) is 0 Å². The Kier molecular flexibility index (Phi) is 4.66. The summed E-state index contributed by atoms with van der Waals surface area (Å²) in [7, 11) is 1.70. The Bertz CT molecular complexity index is 254. The predicted molar refractivity (Wildman–Crippen MR) is 55.3 cm³/mol. The number of thiazole rings is 1. The van der Waals surface area contributed by atoms with Crippen molar-refractivity contribution in [1.29, 1.82) is 0 Å². The molecule has 0 saturated carbocycles. The molecule has 1 atom stereocenters. The van der Waals surface area contributed by atoms with Crippen molar-refractivity contribution in [3.8, 4) is 0 Å². The molecule has 0 amide bonds. The SMILES string of the molecule is COC(C)CNCc1ncc(Cl)s1. The standard InChI is InChI=1S/C8H13ClN2OS/c1-6(12-2)3-10-5-8-11-4-7(9)13-8/h4,6,10H,3,5H2,1-2H3. The molecule has 1 N–H and O–H groups in total. The largest absolute Gasteiger partial charge is 0.380 e. The number of aromatic nitrogens is 1. The van der Waals surface area contributed by atoms with Crippen LogP contribution in [-0.4, -0.2) is 24.7 Å². The normalized spacial score (nSPS) is 13.2. The zero-order chi connectivity index (χ0) is 9.68. The number of ether oxygens (including phenoxy) is 1. The quantitative estimate of drug-likeness (QED) is 0.824. The molecule has 74 valence electrons. The molecule has 0 radical (unpaired) electrons. The number of nitrogens with one attached hydrogen (secondary N) is 1. The fourth-order valence-electron chi connectivity index (χ4n) is 0.835. The minimum absolute atomic E-state index is 0.232. The summed E-state index contributed by atoms with van der Waals surface area (Å²) in [5.41, 5.74) is 0. The number of halogens is 1. The summed E-state index contributed by atoms with van der Waals surface area (Å²) < 4.78 is 5.82. The third-order valence-corrected chi connectivity index (χ3v) is 2.75. The molecule has 0 saturated heterocycles. The van der Waals surface area contributed by atoms with Crippen LogP contribution in [0.25, 0.3) is 0 Å². The third-order valence-electron chi connectivity index (χ3n) is 1.64. The van der Waals surface area contributed by atoms with Gasteiger partial charge in [-0.25, -0.2) is 4.98 Å². The molecule has 3 nitrogen and oxygen atoms in total. The molecule has 1 aromatic rings.